The molecule has 2 aromatic heterocycles. The second-order valence-electron chi connectivity index (χ2n) is 6.74. The second kappa shape index (κ2) is 5.95. The number of ketones is 1. The molecule has 27 heavy (non-hydrogen) atoms. The summed E-state index contributed by atoms with van der Waals surface area (Å²) in [7, 11) is 0. The molecular formula is C19H16N4O3S. The summed E-state index contributed by atoms with van der Waals surface area (Å²) in [6.07, 6.45) is 2.59. The topological polar surface area (TPSA) is 100 Å². The average molecular weight is 380 g/mol. The summed E-state index contributed by atoms with van der Waals surface area (Å²) in [4.78, 5) is 18.6. The van der Waals surface area contributed by atoms with E-state index in [1.165, 1.54) is 23.3 Å². The molecule has 1 aliphatic carbocycles. The molecule has 0 bridgehead atoms. The van der Waals surface area contributed by atoms with Crippen LogP contribution in [0.2, 0.25) is 0 Å². The Balaban J connectivity index is 1.63. The number of fused-ring (bicyclic) bond motifs is 1. The summed E-state index contributed by atoms with van der Waals surface area (Å²) in [5.74, 6) is 0.335. The third-order valence-corrected chi connectivity index (χ3v) is 6.16. The molecular weight excluding hydrogens is 364 g/mol. The SMILES string of the molecule is O=C1CC(c2cccs2)CC2=C1C(c1ccc(O)c(O)c1)n1ncnc1N2. The van der Waals surface area contributed by atoms with E-state index < -0.39 is 6.04 Å². The van der Waals surface area contributed by atoms with Crippen molar-refractivity contribution in [1.82, 2.24) is 14.8 Å². The molecule has 0 fully saturated rings. The number of thiophene rings is 1. The number of anilines is 1. The maximum Gasteiger partial charge on any atom is 0.226 e. The number of allylic oxidation sites excluding steroid dienone is 2. The number of phenolic OH excluding ortho intramolecular Hbond substituents is 2. The zero-order valence-corrected chi connectivity index (χ0v) is 15.0. The van der Waals surface area contributed by atoms with Gasteiger partial charge in [-0.1, -0.05) is 12.1 Å². The van der Waals surface area contributed by atoms with Crippen LogP contribution in [-0.2, 0) is 4.79 Å². The van der Waals surface area contributed by atoms with E-state index in [0.717, 1.165) is 12.1 Å². The van der Waals surface area contributed by atoms with Crippen LogP contribution in [0, 0.1) is 0 Å². The van der Waals surface area contributed by atoms with Crippen molar-refractivity contribution in [3.05, 3.63) is 63.7 Å². The van der Waals surface area contributed by atoms with Gasteiger partial charge in [0.1, 0.15) is 12.4 Å². The quantitative estimate of drug-likeness (QED) is 0.591. The summed E-state index contributed by atoms with van der Waals surface area (Å²) >= 11 is 1.66. The molecule has 0 saturated carbocycles. The number of rotatable bonds is 2. The Hall–Kier alpha value is -3.13. The average Bonchev–Trinajstić information content (AvgIpc) is 3.33. The van der Waals surface area contributed by atoms with Gasteiger partial charge in [-0.15, -0.1) is 11.3 Å². The fourth-order valence-corrected chi connectivity index (χ4v) is 4.73. The van der Waals surface area contributed by atoms with E-state index in [2.05, 4.69) is 21.5 Å². The number of hydrogen-bond acceptors (Lipinski definition) is 7. The first-order valence-corrected chi connectivity index (χ1v) is 9.48. The van der Waals surface area contributed by atoms with E-state index in [1.54, 1.807) is 22.1 Å². The summed E-state index contributed by atoms with van der Waals surface area (Å²) in [6, 6.07) is 8.17. The highest BCUT2D eigenvalue weighted by Gasteiger charge is 2.39. The molecule has 1 aromatic carbocycles. The van der Waals surface area contributed by atoms with Crippen LogP contribution in [0.4, 0.5) is 5.95 Å². The molecule has 8 heteroatoms. The lowest BCUT2D eigenvalue weighted by molar-refractivity contribution is -0.116. The Morgan fingerprint density at radius 2 is 2.07 bits per heavy atom. The van der Waals surface area contributed by atoms with Gasteiger partial charge in [0, 0.05) is 28.5 Å². The Morgan fingerprint density at radius 1 is 1.19 bits per heavy atom. The molecule has 3 heterocycles. The van der Waals surface area contributed by atoms with E-state index in [-0.39, 0.29) is 23.2 Å². The van der Waals surface area contributed by atoms with E-state index >= 15 is 0 Å². The minimum absolute atomic E-state index is 0.0564. The molecule has 136 valence electrons. The third-order valence-electron chi connectivity index (χ3n) is 5.12. The highest BCUT2D eigenvalue weighted by atomic mass is 32.1. The monoisotopic (exact) mass is 380 g/mol. The molecule has 3 N–H and O–H groups in total. The van der Waals surface area contributed by atoms with Crippen molar-refractivity contribution in [3.8, 4) is 11.5 Å². The fourth-order valence-electron chi connectivity index (χ4n) is 3.90. The zero-order valence-electron chi connectivity index (χ0n) is 14.2. The molecule has 0 saturated heterocycles. The normalized spacial score (nSPS) is 21.6. The summed E-state index contributed by atoms with van der Waals surface area (Å²) in [5, 5.41) is 29.2. The van der Waals surface area contributed by atoms with Crippen LogP contribution in [0.3, 0.4) is 0 Å². The van der Waals surface area contributed by atoms with Gasteiger partial charge in [0.15, 0.2) is 17.3 Å². The maximum atomic E-state index is 13.1. The van der Waals surface area contributed by atoms with Crippen LogP contribution >= 0.6 is 11.3 Å². The highest BCUT2D eigenvalue weighted by Crippen LogP contribution is 2.45. The van der Waals surface area contributed by atoms with Crippen molar-refractivity contribution in [2.45, 2.75) is 24.8 Å². The number of benzene rings is 1. The standard InChI is InChI=1S/C19H16N4O3S/c24-13-4-3-10(7-14(13)25)18-17-12(22-19-20-9-21-23(18)19)6-11(8-15(17)26)16-2-1-5-27-16/h1-5,7,9,11,18,24-25H,6,8H2,(H,20,21,22). The molecule has 2 atom stereocenters. The summed E-state index contributed by atoms with van der Waals surface area (Å²) in [5.41, 5.74) is 2.17. The van der Waals surface area contributed by atoms with Crippen LogP contribution in [0.15, 0.2) is 53.3 Å². The molecule has 0 amide bonds. The lowest BCUT2D eigenvalue weighted by atomic mass is 9.80. The number of Topliss-reactive ketones (excluding diaryl/α,β-unsaturated/α-hetero) is 1. The molecule has 2 unspecified atom stereocenters. The van der Waals surface area contributed by atoms with Crippen molar-refractivity contribution in [2.75, 3.05) is 5.32 Å². The van der Waals surface area contributed by atoms with E-state index in [4.69, 9.17) is 0 Å². The predicted octanol–water partition coefficient (Wildman–Crippen LogP) is 3.17. The van der Waals surface area contributed by atoms with Crippen molar-refractivity contribution in [2.24, 2.45) is 0 Å². The van der Waals surface area contributed by atoms with Gasteiger partial charge in [-0.2, -0.15) is 10.1 Å². The number of carbonyl (C=O) groups excluding carboxylic acids is 1. The van der Waals surface area contributed by atoms with Gasteiger partial charge in [0.2, 0.25) is 5.95 Å². The van der Waals surface area contributed by atoms with Gasteiger partial charge in [-0.05, 0) is 35.6 Å². The van der Waals surface area contributed by atoms with E-state index in [0.29, 0.717) is 23.5 Å². The van der Waals surface area contributed by atoms with Crippen LogP contribution in [0.5, 0.6) is 11.5 Å². The number of nitrogens with zero attached hydrogens (tertiary/aromatic N) is 3. The van der Waals surface area contributed by atoms with Crippen LogP contribution in [-0.4, -0.2) is 30.8 Å². The highest BCUT2D eigenvalue weighted by molar-refractivity contribution is 7.10. The number of aromatic hydroxyl groups is 2. The zero-order chi connectivity index (χ0) is 18.5. The maximum absolute atomic E-state index is 13.1. The molecule has 7 nitrogen and oxygen atoms in total. The summed E-state index contributed by atoms with van der Waals surface area (Å²) < 4.78 is 1.65. The van der Waals surface area contributed by atoms with Crippen LogP contribution in [0.1, 0.15) is 35.2 Å². The molecule has 0 spiro atoms. The van der Waals surface area contributed by atoms with Crippen molar-refractivity contribution >= 4 is 23.1 Å². The molecule has 5 rings (SSSR count). The van der Waals surface area contributed by atoms with E-state index in [9.17, 15) is 15.0 Å². The first-order valence-electron chi connectivity index (χ1n) is 8.60. The molecule has 0 radical (unpaired) electrons. The Labute approximate surface area is 158 Å². The minimum atomic E-state index is -0.484. The third kappa shape index (κ3) is 2.52. The van der Waals surface area contributed by atoms with Gasteiger partial charge in [-0.25, -0.2) is 4.68 Å². The van der Waals surface area contributed by atoms with Gasteiger partial charge < -0.3 is 15.5 Å². The number of nitrogens with one attached hydrogen (secondary N) is 1. The lowest BCUT2D eigenvalue weighted by Crippen LogP contribution is -2.33. The second-order valence-corrected chi connectivity index (χ2v) is 7.72. The van der Waals surface area contributed by atoms with E-state index in [1.807, 2.05) is 11.4 Å². The molecule has 2 aliphatic rings. The Morgan fingerprint density at radius 3 is 2.85 bits per heavy atom. The number of hydrogen-bond donors (Lipinski definition) is 3. The Kier molecular flexibility index (Phi) is 3.54. The number of carbonyl (C=O) groups is 1. The van der Waals surface area contributed by atoms with Gasteiger partial charge in [0.05, 0.1) is 0 Å². The number of phenols is 2. The van der Waals surface area contributed by atoms with Crippen molar-refractivity contribution in [1.29, 1.82) is 0 Å². The lowest BCUT2D eigenvalue weighted by Gasteiger charge is -2.34. The van der Waals surface area contributed by atoms with Gasteiger partial charge >= 0.3 is 0 Å². The first-order chi connectivity index (χ1) is 13.1. The van der Waals surface area contributed by atoms with Gasteiger partial charge in [0.25, 0.3) is 0 Å². The molecule has 3 aromatic rings. The smallest absolute Gasteiger partial charge is 0.226 e. The first kappa shape index (κ1) is 16.1. The fraction of sp³-hybridized carbons (Fsp3) is 0.211. The number of aromatic nitrogens is 3. The van der Waals surface area contributed by atoms with Gasteiger partial charge in [-0.3, -0.25) is 4.79 Å². The van der Waals surface area contributed by atoms with Crippen LogP contribution < -0.4 is 5.32 Å². The summed E-state index contributed by atoms with van der Waals surface area (Å²) in [6.45, 7) is 0. The molecule has 1 aliphatic heterocycles. The largest absolute Gasteiger partial charge is 0.504 e. The Bertz CT molecular complexity index is 1070. The minimum Gasteiger partial charge on any atom is -0.504 e. The van der Waals surface area contributed by atoms with Crippen LogP contribution in [0.25, 0.3) is 0 Å². The van der Waals surface area contributed by atoms with Crippen molar-refractivity contribution in [3.63, 3.8) is 0 Å². The predicted molar refractivity (Wildman–Crippen MR) is 99.9 cm³/mol. The van der Waals surface area contributed by atoms with Crippen molar-refractivity contribution < 1.29 is 15.0 Å².